The predicted molar refractivity (Wildman–Crippen MR) is 245 cm³/mol. The zero-order chi connectivity index (χ0) is 38.4. The van der Waals surface area contributed by atoms with Crippen LogP contribution in [0.1, 0.15) is 0 Å². The largest absolute Gasteiger partial charge is 0.455 e. The summed E-state index contributed by atoms with van der Waals surface area (Å²) in [4.78, 5) is 2.40. The van der Waals surface area contributed by atoms with Gasteiger partial charge < -0.3 is 9.32 Å². The molecule has 272 valence electrons. The van der Waals surface area contributed by atoms with Crippen molar-refractivity contribution < 1.29 is 4.42 Å². The van der Waals surface area contributed by atoms with E-state index in [9.17, 15) is 0 Å². The highest BCUT2D eigenvalue weighted by atomic mass is 16.3. The van der Waals surface area contributed by atoms with E-state index in [4.69, 9.17) is 4.42 Å². The van der Waals surface area contributed by atoms with Crippen LogP contribution in [0.4, 0.5) is 17.1 Å². The van der Waals surface area contributed by atoms with Crippen LogP contribution in [0.15, 0.2) is 229 Å². The van der Waals surface area contributed by atoms with Gasteiger partial charge >= 0.3 is 0 Å². The Morgan fingerprint density at radius 1 is 0.310 bits per heavy atom. The van der Waals surface area contributed by atoms with Gasteiger partial charge in [0.05, 0.1) is 11.1 Å². The minimum atomic E-state index is 0.864. The SMILES string of the molecule is c1ccc(-c2ccccc2-c2cccc(N(c3ccc(-c4cccc5ccccc45)cc3)c3ccc(-c4cccc5ccccc45)c4oc5ccccc5c34)c2)cc1. The van der Waals surface area contributed by atoms with E-state index in [0.29, 0.717) is 0 Å². The van der Waals surface area contributed by atoms with Gasteiger partial charge in [0, 0.05) is 22.3 Å². The molecule has 0 amide bonds. The second-order valence-electron chi connectivity index (χ2n) is 14.8. The van der Waals surface area contributed by atoms with E-state index in [1.807, 2.05) is 0 Å². The molecule has 11 rings (SSSR count). The Morgan fingerprint density at radius 3 is 1.60 bits per heavy atom. The third-order valence-electron chi connectivity index (χ3n) is 11.5. The van der Waals surface area contributed by atoms with Crippen LogP contribution in [0.2, 0.25) is 0 Å². The lowest BCUT2D eigenvalue weighted by Gasteiger charge is -2.27. The fourth-order valence-corrected chi connectivity index (χ4v) is 8.78. The molecular weight excluding hydrogens is 703 g/mol. The second-order valence-corrected chi connectivity index (χ2v) is 14.8. The minimum absolute atomic E-state index is 0.864. The lowest BCUT2D eigenvalue weighted by atomic mass is 9.93. The lowest BCUT2D eigenvalue weighted by Crippen LogP contribution is -2.10. The van der Waals surface area contributed by atoms with Crippen molar-refractivity contribution in [3.05, 3.63) is 224 Å². The quantitative estimate of drug-likeness (QED) is 0.162. The van der Waals surface area contributed by atoms with Crippen LogP contribution >= 0.6 is 0 Å². The Labute approximate surface area is 337 Å². The molecule has 11 aromatic rings. The molecule has 0 aliphatic heterocycles. The van der Waals surface area contributed by atoms with Crippen molar-refractivity contribution >= 4 is 60.5 Å². The molecule has 0 bridgehead atoms. The van der Waals surface area contributed by atoms with E-state index in [1.54, 1.807) is 0 Å². The lowest BCUT2D eigenvalue weighted by molar-refractivity contribution is 0.670. The van der Waals surface area contributed by atoms with Gasteiger partial charge in [-0.25, -0.2) is 0 Å². The summed E-state index contributed by atoms with van der Waals surface area (Å²) >= 11 is 0. The second kappa shape index (κ2) is 14.1. The van der Waals surface area contributed by atoms with Crippen molar-refractivity contribution in [1.29, 1.82) is 0 Å². The zero-order valence-corrected chi connectivity index (χ0v) is 31.7. The number of anilines is 3. The third-order valence-corrected chi connectivity index (χ3v) is 11.5. The van der Waals surface area contributed by atoms with Gasteiger partial charge in [-0.05, 0) is 103 Å². The Bertz CT molecular complexity index is 3270. The molecule has 1 aromatic heterocycles. The van der Waals surface area contributed by atoms with Crippen LogP contribution in [0.25, 0.3) is 88.0 Å². The molecule has 0 unspecified atom stereocenters. The third kappa shape index (κ3) is 5.74. The van der Waals surface area contributed by atoms with E-state index >= 15 is 0 Å². The monoisotopic (exact) mass is 739 g/mol. The fraction of sp³-hybridized carbons (Fsp3) is 0. The highest BCUT2D eigenvalue weighted by Gasteiger charge is 2.23. The summed E-state index contributed by atoms with van der Waals surface area (Å²) in [5.41, 5.74) is 14.3. The first-order valence-corrected chi connectivity index (χ1v) is 19.8. The number of furan rings is 1. The van der Waals surface area contributed by atoms with Gasteiger partial charge in [0.1, 0.15) is 11.2 Å². The van der Waals surface area contributed by atoms with Crippen molar-refractivity contribution in [3.8, 4) is 44.5 Å². The fourth-order valence-electron chi connectivity index (χ4n) is 8.78. The molecule has 0 atom stereocenters. The Balaban J connectivity index is 1.15. The first kappa shape index (κ1) is 33.6. The van der Waals surface area contributed by atoms with Crippen LogP contribution in [-0.4, -0.2) is 0 Å². The summed E-state index contributed by atoms with van der Waals surface area (Å²) in [5.74, 6) is 0. The molecule has 2 nitrogen and oxygen atoms in total. The van der Waals surface area contributed by atoms with E-state index in [0.717, 1.165) is 55.7 Å². The smallest absolute Gasteiger partial charge is 0.145 e. The molecule has 0 radical (unpaired) electrons. The first-order chi connectivity index (χ1) is 28.8. The summed E-state index contributed by atoms with van der Waals surface area (Å²) in [6.45, 7) is 0. The minimum Gasteiger partial charge on any atom is -0.455 e. The van der Waals surface area contributed by atoms with Crippen LogP contribution in [0.3, 0.4) is 0 Å². The summed E-state index contributed by atoms with van der Waals surface area (Å²) in [5, 5.41) is 7.04. The highest BCUT2D eigenvalue weighted by Crippen LogP contribution is 2.48. The molecule has 10 aromatic carbocycles. The van der Waals surface area contributed by atoms with Crippen LogP contribution < -0.4 is 4.90 Å². The van der Waals surface area contributed by atoms with E-state index < -0.39 is 0 Å². The molecule has 0 N–H and O–H groups in total. The number of nitrogens with zero attached hydrogens (tertiary/aromatic N) is 1. The molecular formula is C56H37NO. The van der Waals surface area contributed by atoms with Gasteiger partial charge in [0.25, 0.3) is 0 Å². The molecule has 58 heavy (non-hydrogen) atoms. The maximum atomic E-state index is 6.90. The molecule has 0 fully saturated rings. The number of hydrogen-bond acceptors (Lipinski definition) is 2. The highest BCUT2D eigenvalue weighted by molar-refractivity contribution is 6.18. The van der Waals surface area contributed by atoms with E-state index in [-0.39, 0.29) is 0 Å². The van der Waals surface area contributed by atoms with Crippen LogP contribution in [-0.2, 0) is 0 Å². The topological polar surface area (TPSA) is 16.4 Å². The molecule has 0 saturated heterocycles. The van der Waals surface area contributed by atoms with Crippen molar-refractivity contribution in [1.82, 2.24) is 0 Å². The van der Waals surface area contributed by atoms with Crippen molar-refractivity contribution in [3.63, 3.8) is 0 Å². The predicted octanol–water partition coefficient (Wildman–Crippen LogP) is 16.0. The van der Waals surface area contributed by atoms with Gasteiger partial charge in [-0.15, -0.1) is 0 Å². The Hall–Kier alpha value is -7.68. The summed E-state index contributed by atoms with van der Waals surface area (Å²) in [7, 11) is 0. The molecule has 2 heteroatoms. The Kier molecular flexibility index (Phi) is 8.19. The maximum Gasteiger partial charge on any atom is 0.145 e. The van der Waals surface area contributed by atoms with Crippen molar-refractivity contribution in [2.24, 2.45) is 0 Å². The normalized spacial score (nSPS) is 11.4. The number of benzene rings is 10. The Morgan fingerprint density at radius 2 is 0.845 bits per heavy atom. The van der Waals surface area contributed by atoms with Gasteiger partial charge in [0.15, 0.2) is 0 Å². The molecule has 0 aliphatic rings. The van der Waals surface area contributed by atoms with Gasteiger partial charge in [0.2, 0.25) is 0 Å². The van der Waals surface area contributed by atoms with Crippen molar-refractivity contribution in [2.45, 2.75) is 0 Å². The zero-order valence-electron chi connectivity index (χ0n) is 31.7. The van der Waals surface area contributed by atoms with Crippen LogP contribution in [0.5, 0.6) is 0 Å². The average Bonchev–Trinajstić information content (AvgIpc) is 3.70. The summed E-state index contributed by atoms with van der Waals surface area (Å²) in [6.07, 6.45) is 0. The number of fused-ring (bicyclic) bond motifs is 5. The average molecular weight is 740 g/mol. The van der Waals surface area contributed by atoms with Gasteiger partial charge in [-0.2, -0.15) is 0 Å². The van der Waals surface area contributed by atoms with Crippen molar-refractivity contribution in [2.75, 3.05) is 4.90 Å². The standard InChI is InChI=1S/C56H37NO/c1-2-15-38(16-3-1)46-24-8-9-26-49(46)42-21-12-22-44(37-42)57(43-33-31-41(32-34-43)47-28-13-19-39-17-4-6-23-45(39)47)53-36-35-51(50-29-14-20-40-18-5-7-25-48(40)50)56-55(53)52-27-10-11-30-54(52)58-56/h1-37H. The summed E-state index contributed by atoms with van der Waals surface area (Å²) < 4.78 is 6.90. The first-order valence-electron chi connectivity index (χ1n) is 19.8. The molecule has 0 spiro atoms. The number of rotatable bonds is 7. The number of para-hydroxylation sites is 1. The maximum absolute atomic E-state index is 6.90. The van der Waals surface area contributed by atoms with Gasteiger partial charge in [-0.3, -0.25) is 0 Å². The molecule has 1 heterocycles. The van der Waals surface area contributed by atoms with E-state index in [2.05, 4.69) is 229 Å². The summed E-state index contributed by atoms with van der Waals surface area (Å²) in [6, 6.07) is 80.6. The van der Waals surface area contributed by atoms with Gasteiger partial charge in [-0.1, -0.05) is 182 Å². The van der Waals surface area contributed by atoms with Crippen LogP contribution in [0, 0.1) is 0 Å². The number of hydrogen-bond donors (Lipinski definition) is 0. The molecule has 0 saturated carbocycles. The molecule has 0 aliphatic carbocycles. The van der Waals surface area contributed by atoms with E-state index in [1.165, 1.54) is 49.4 Å².